The average Bonchev–Trinajstić information content (AvgIpc) is 0.771. The molecule has 566 valence electrons. The first-order valence-electron chi connectivity index (χ1n) is 38.1. The number of azide groups is 1. The highest BCUT2D eigenvalue weighted by atomic mass is 16.5. The molecule has 7 aromatic carbocycles. The number of benzene rings is 7. The minimum absolute atomic E-state index is 0.129. The van der Waals surface area contributed by atoms with Crippen LogP contribution in [0.25, 0.3) is 10.4 Å². The fraction of sp³-hybridized carbons (Fsp3) is 0.522. The van der Waals surface area contributed by atoms with Gasteiger partial charge < -0.3 is 54.6 Å². The van der Waals surface area contributed by atoms with Crippen molar-refractivity contribution >= 4 is 17.4 Å². The standard InChI is InChI=1S/C90H124N8O7/c1-85(2,3)69-44-57-38-59-46-70(86(4,5)6)48-61(79(59)101-21)40-65-52-73(89(13,14)15)53-66-42-63-50-72(88(10,11)12)51-64(81(63)103-23)43-68-55-74(90(16,17)18)54-67(41-62-49-71(87(7,8)9)47-60(80(62)102-22)39-58(45-69)78(57)100-20)83(68)105-37-34-93-56-77(94-32-31-92-33-36-104-82(65)66)26-24-25-35-98(19)84(99)95-75-27-29-76(30-28-75)96-97-91/h27-30,44-55,77,92-94H,24-26,31-43,56H2,1-23H3,(H,95,99)/t77-/m0/s1. The van der Waals surface area contributed by atoms with E-state index < -0.39 is 0 Å². The number of unbranched alkanes of at least 4 members (excludes halogenated alkanes) is 1. The van der Waals surface area contributed by atoms with E-state index in [1.165, 1.54) is 33.4 Å². The number of anilines is 1. The zero-order valence-electron chi connectivity index (χ0n) is 68.0. The maximum Gasteiger partial charge on any atom is 0.321 e. The maximum absolute atomic E-state index is 13.4. The Morgan fingerprint density at radius 1 is 0.457 bits per heavy atom. The molecule has 2 aliphatic rings. The van der Waals surface area contributed by atoms with Crippen LogP contribution in [-0.2, 0) is 71.0 Å². The van der Waals surface area contributed by atoms with Crippen LogP contribution < -0.4 is 49.7 Å². The second-order valence-corrected chi connectivity index (χ2v) is 35.5. The largest absolute Gasteiger partial charge is 0.496 e. The van der Waals surface area contributed by atoms with E-state index in [1.807, 2.05) is 35.5 Å². The SMILES string of the molecule is COc1c2cc(C(C)(C)C)cc1Cc1cc(C(C)(C)C)cc(c1OC)Cc1cc(C(C)(C)C)cc3c1OCCNC[C@H](CCCCN(C)C(=O)Nc1ccc(N=[N+]=[N-])cc1)NCCNCCOc1c(cc(C(C)(C)C)cc1Cc1cc(C(C)(C)C)cc(c1OC)C3)Cc1cc(C(C)(C)C)cc(c1OC)C2. The Morgan fingerprint density at radius 2 is 0.762 bits per heavy atom. The number of nitrogens with zero attached hydrogens (tertiary/aromatic N) is 4. The molecule has 1 heterocycles. The first-order valence-corrected chi connectivity index (χ1v) is 38.1. The van der Waals surface area contributed by atoms with Crippen molar-refractivity contribution in [1.82, 2.24) is 20.9 Å². The lowest BCUT2D eigenvalue weighted by Gasteiger charge is -2.29. The topological polar surface area (TPSA) is 173 Å². The molecule has 0 saturated carbocycles. The highest BCUT2D eigenvalue weighted by molar-refractivity contribution is 5.89. The zero-order chi connectivity index (χ0) is 76.6. The van der Waals surface area contributed by atoms with Crippen molar-refractivity contribution in [3.8, 4) is 34.5 Å². The highest BCUT2D eigenvalue weighted by Gasteiger charge is 2.32. The summed E-state index contributed by atoms with van der Waals surface area (Å²) < 4.78 is 42.1. The summed E-state index contributed by atoms with van der Waals surface area (Å²) >= 11 is 0. The van der Waals surface area contributed by atoms with E-state index in [0.29, 0.717) is 89.3 Å². The third-order valence-electron chi connectivity index (χ3n) is 20.9. The number of carbonyl (C=O) groups excluding carboxylic acids is 1. The smallest absolute Gasteiger partial charge is 0.321 e. The highest BCUT2D eigenvalue weighted by Crippen LogP contribution is 2.46. The van der Waals surface area contributed by atoms with E-state index in [1.54, 1.807) is 29.2 Å². The van der Waals surface area contributed by atoms with Gasteiger partial charge in [0, 0.05) is 107 Å². The van der Waals surface area contributed by atoms with Gasteiger partial charge in [0.1, 0.15) is 47.7 Å². The summed E-state index contributed by atoms with van der Waals surface area (Å²) in [6, 6.07) is 35.4. The molecule has 0 aromatic heterocycles. The molecule has 0 spiro atoms. The van der Waals surface area contributed by atoms with E-state index in [0.717, 1.165) is 134 Å². The Morgan fingerprint density at radius 3 is 1.07 bits per heavy atom. The Balaban J connectivity index is 1.28. The van der Waals surface area contributed by atoms with E-state index in [4.69, 9.17) is 34.0 Å². The van der Waals surface area contributed by atoms with Gasteiger partial charge in [0.2, 0.25) is 0 Å². The van der Waals surface area contributed by atoms with Crippen LogP contribution in [0.3, 0.4) is 0 Å². The molecule has 15 heteroatoms. The fourth-order valence-corrected chi connectivity index (χ4v) is 14.6. The third-order valence-corrected chi connectivity index (χ3v) is 20.9. The summed E-state index contributed by atoms with van der Waals surface area (Å²) in [6.07, 6.45) is 5.92. The molecule has 4 N–H and O–H groups in total. The molecule has 14 bridgehead atoms. The monoisotopic (exact) mass is 1430 g/mol. The Hall–Kier alpha value is -8.20. The van der Waals surface area contributed by atoms with Crippen molar-refractivity contribution in [2.75, 3.05) is 93.3 Å². The zero-order valence-corrected chi connectivity index (χ0v) is 68.0. The number of rotatable bonds is 11. The molecule has 7 aromatic rings. The van der Waals surface area contributed by atoms with Gasteiger partial charge in [-0.1, -0.05) is 221 Å². The van der Waals surface area contributed by atoms with E-state index >= 15 is 0 Å². The van der Waals surface area contributed by atoms with E-state index in [9.17, 15) is 4.79 Å². The first-order chi connectivity index (χ1) is 49.4. The molecular weight excluding hydrogens is 1310 g/mol. The molecule has 0 saturated heterocycles. The number of nitrogens with one attached hydrogen (secondary N) is 4. The molecule has 1 aliphatic heterocycles. The van der Waals surface area contributed by atoms with Crippen LogP contribution >= 0.6 is 0 Å². The van der Waals surface area contributed by atoms with Crippen molar-refractivity contribution in [3.63, 3.8) is 0 Å². The minimum Gasteiger partial charge on any atom is -0.496 e. The van der Waals surface area contributed by atoms with Crippen LogP contribution in [0.15, 0.2) is 102 Å². The molecule has 1 atom stereocenters. The Bertz CT molecular complexity index is 4240. The third kappa shape index (κ3) is 20.7. The molecule has 2 amide bonds. The molecule has 1 aliphatic carbocycles. The van der Waals surface area contributed by atoms with Gasteiger partial charge in [0.05, 0.1) is 28.4 Å². The van der Waals surface area contributed by atoms with Gasteiger partial charge in [-0.15, -0.1) is 0 Å². The molecule has 15 nitrogen and oxygen atoms in total. The second-order valence-electron chi connectivity index (χ2n) is 35.5. The average molecular weight is 1430 g/mol. The van der Waals surface area contributed by atoms with Gasteiger partial charge in [-0.05, 0) is 163 Å². The summed E-state index contributed by atoms with van der Waals surface area (Å²) in [5, 5.41) is 18.1. The lowest BCUT2D eigenvalue weighted by Crippen LogP contribution is -2.43. The number of hydrogen-bond acceptors (Lipinski definition) is 11. The first kappa shape index (κ1) is 80.9. The van der Waals surface area contributed by atoms with Crippen molar-refractivity contribution in [3.05, 3.63) is 208 Å². The van der Waals surface area contributed by atoms with Gasteiger partial charge in [-0.2, -0.15) is 0 Å². The van der Waals surface area contributed by atoms with Crippen molar-refractivity contribution in [1.29, 1.82) is 0 Å². The minimum atomic E-state index is -0.237. The lowest BCUT2D eigenvalue weighted by molar-refractivity contribution is 0.221. The van der Waals surface area contributed by atoms with Crippen LogP contribution in [0.5, 0.6) is 34.5 Å². The molecule has 0 radical (unpaired) electrons. The van der Waals surface area contributed by atoms with Crippen LogP contribution in [0.1, 0.15) is 244 Å². The Kier molecular flexibility index (Phi) is 26.0. The number of carbonyl (C=O) groups is 1. The second kappa shape index (κ2) is 33.7. The molecule has 105 heavy (non-hydrogen) atoms. The maximum atomic E-state index is 13.4. The number of ether oxygens (including phenoxy) is 6. The van der Waals surface area contributed by atoms with Crippen molar-refractivity contribution < 1.29 is 33.2 Å². The predicted octanol–water partition coefficient (Wildman–Crippen LogP) is 19.5. The molecule has 0 unspecified atom stereocenters. The summed E-state index contributed by atoms with van der Waals surface area (Å²) in [7, 11) is 9.15. The number of urea groups is 1. The van der Waals surface area contributed by atoms with Crippen LogP contribution in [0, 0.1) is 0 Å². The fourth-order valence-electron chi connectivity index (χ4n) is 14.6. The van der Waals surface area contributed by atoms with E-state index in [-0.39, 0.29) is 44.6 Å². The van der Waals surface area contributed by atoms with Crippen LogP contribution in [0.2, 0.25) is 0 Å². The summed E-state index contributed by atoms with van der Waals surface area (Å²) in [6.45, 7) is 46.4. The summed E-state index contributed by atoms with van der Waals surface area (Å²) in [4.78, 5) is 17.9. The molecule has 9 rings (SSSR count). The van der Waals surface area contributed by atoms with Gasteiger partial charge >= 0.3 is 6.03 Å². The number of amides is 2. The van der Waals surface area contributed by atoms with Gasteiger partial charge in [0.25, 0.3) is 0 Å². The quantitative estimate of drug-likeness (QED) is 0.0423. The lowest BCUT2D eigenvalue weighted by atomic mass is 9.79. The molecular formula is C90H124N8O7. The number of methoxy groups -OCH3 is 4. The van der Waals surface area contributed by atoms with Crippen molar-refractivity contribution in [2.45, 2.75) is 221 Å². The van der Waals surface area contributed by atoms with Crippen molar-refractivity contribution in [2.24, 2.45) is 5.11 Å². The number of hydrogen-bond donors (Lipinski definition) is 4. The number of fused-ring (bicyclic) bond motifs is 6. The van der Waals surface area contributed by atoms with Crippen LogP contribution in [0.4, 0.5) is 16.2 Å². The van der Waals surface area contributed by atoms with E-state index in [2.05, 4.69) is 229 Å². The summed E-state index contributed by atoms with van der Waals surface area (Å²) in [5.41, 5.74) is 29.1. The normalized spacial score (nSPS) is 15.4. The van der Waals surface area contributed by atoms with Gasteiger partial charge in [0.15, 0.2) is 0 Å². The molecule has 0 fully saturated rings. The van der Waals surface area contributed by atoms with Crippen LogP contribution in [-0.4, -0.2) is 105 Å². The van der Waals surface area contributed by atoms with Gasteiger partial charge in [-0.25, -0.2) is 4.79 Å². The summed E-state index contributed by atoms with van der Waals surface area (Å²) in [5.74, 6) is 5.17. The predicted molar refractivity (Wildman–Crippen MR) is 433 cm³/mol. The Labute approximate surface area is 629 Å². The van der Waals surface area contributed by atoms with Gasteiger partial charge in [-0.3, -0.25) is 0 Å².